The number of fused-ring (bicyclic) bond motifs is 2. The number of hydrogen-bond donors (Lipinski definition) is 2. The minimum Gasteiger partial charge on any atom is -0.497 e. The summed E-state index contributed by atoms with van der Waals surface area (Å²) in [6.45, 7) is 4.18. The molecule has 192 valence electrons. The summed E-state index contributed by atoms with van der Waals surface area (Å²) in [5.74, 6) is 0.394. The summed E-state index contributed by atoms with van der Waals surface area (Å²) in [5.41, 5.74) is 2.27. The van der Waals surface area contributed by atoms with Gasteiger partial charge in [-0.2, -0.15) is 0 Å². The molecule has 1 aliphatic heterocycles. The van der Waals surface area contributed by atoms with Gasteiger partial charge in [0.15, 0.2) is 0 Å². The van der Waals surface area contributed by atoms with Gasteiger partial charge in [-0.3, -0.25) is 9.59 Å². The number of piperidine rings is 1. The van der Waals surface area contributed by atoms with E-state index in [0.717, 1.165) is 49.9 Å². The first kappa shape index (κ1) is 25.0. The lowest BCUT2D eigenvalue weighted by molar-refractivity contribution is 0.0964. The second-order valence-electron chi connectivity index (χ2n) is 9.65. The molecular formula is C30H34N4O3. The Morgan fingerprint density at radius 2 is 1.76 bits per heavy atom. The van der Waals surface area contributed by atoms with Crippen LogP contribution in [0.1, 0.15) is 28.8 Å². The number of hydrogen-bond acceptors (Lipinski definition) is 5. The highest BCUT2D eigenvalue weighted by molar-refractivity contribution is 6.06. The number of methoxy groups -OCH3 is 1. The third-order valence-electron chi connectivity index (χ3n) is 7.48. The average Bonchev–Trinajstić information content (AvgIpc) is 2.95. The topological polar surface area (TPSA) is 75.6 Å². The molecule has 2 N–H and O–H groups in total. The molecule has 1 amide bonds. The first-order valence-electron chi connectivity index (χ1n) is 12.9. The lowest BCUT2D eigenvalue weighted by Crippen LogP contribution is -2.43. The zero-order valence-corrected chi connectivity index (χ0v) is 21.5. The molecule has 7 heteroatoms. The standard InChI is InChI=1S/C30H34N4O3/c1-31-30(36)27-19-29(35)34(28-18-24(37-2)10-11-26(27)28)17-16-33-14-12-23(13-15-33)32-20-22-8-5-7-21-6-3-4-9-25(21)22/h3-11,18-19,23,32H,12-17,20H2,1-2H3,(H,31,36). The Hall–Kier alpha value is -3.68. The highest BCUT2D eigenvalue weighted by Gasteiger charge is 2.20. The number of benzene rings is 3. The molecule has 7 nitrogen and oxygen atoms in total. The Labute approximate surface area is 217 Å². The number of likely N-dealkylation sites (tertiary alicyclic amines) is 1. The minimum absolute atomic E-state index is 0.175. The first-order valence-corrected chi connectivity index (χ1v) is 12.9. The lowest BCUT2D eigenvalue weighted by atomic mass is 10.0. The monoisotopic (exact) mass is 498 g/mol. The van der Waals surface area contributed by atoms with Crippen LogP contribution < -0.4 is 20.9 Å². The van der Waals surface area contributed by atoms with Gasteiger partial charge in [0.2, 0.25) is 0 Å². The van der Waals surface area contributed by atoms with Crippen LogP contribution in [0.25, 0.3) is 21.7 Å². The van der Waals surface area contributed by atoms with E-state index in [1.807, 2.05) is 18.2 Å². The van der Waals surface area contributed by atoms with Crippen molar-refractivity contribution in [3.63, 3.8) is 0 Å². The largest absolute Gasteiger partial charge is 0.497 e. The van der Waals surface area contributed by atoms with Crippen LogP contribution in [0.3, 0.4) is 0 Å². The zero-order valence-electron chi connectivity index (χ0n) is 21.5. The van der Waals surface area contributed by atoms with E-state index in [4.69, 9.17) is 4.74 Å². The quantitative estimate of drug-likeness (QED) is 0.387. The van der Waals surface area contributed by atoms with Crippen molar-refractivity contribution in [1.29, 1.82) is 0 Å². The van der Waals surface area contributed by atoms with Gasteiger partial charge in [-0.25, -0.2) is 0 Å². The second kappa shape index (κ2) is 11.2. The average molecular weight is 499 g/mol. The van der Waals surface area contributed by atoms with Gasteiger partial charge in [-0.05, 0) is 54.4 Å². The summed E-state index contributed by atoms with van der Waals surface area (Å²) >= 11 is 0. The third-order valence-corrected chi connectivity index (χ3v) is 7.48. The lowest BCUT2D eigenvalue weighted by Gasteiger charge is -2.32. The van der Waals surface area contributed by atoms with E-state index in [9.17, 15) is 9.59 Å². The summed E-state index contributed by atoms with van der Waals surface area (Å²) < 4.78 is 7.15. The molecule has 1 aromatic heterocycles. The SMILES string of the molecule is CNC(=O)c1cc(=O)n(CCN2CCC(NCc3cccc4ccccc34)CC2)c2cc(OC)ccc12. The van der Waals surface area contributed by atoms with E-state index >= 15 is 0 Å². The summed E-state index contributed by atoms with van der Waals surface area (Å²) in [6.07, 6.45) is 2.15. The molecule has 0 atom stereocenters. The van der Waals surface area contributed by atoms with Crippen LogP contribution in [0.5, 0.6) is 5.75 Å². The highest BCUT2D eigenvalue weighted by Crippen LogP contribution is 2.23. The fourth-order valence-corrected chi connectivity index (χ4v) is 5.34. The maximum atomic E-state index is 13.0. The molecule has 1 aliphatic rings. The number of rotatable bonds is 8. The summed E-state index contributed by atoms with van der Waals surface area (Å²) in [6, 6.07) is 22.5. The molecule has 0 spiro atoms. The first-order chi connectivity index (χ1) is 18.1. The van der Waals surface area contributed by atoms with Crippen LogP contribution in [0, 0.1) is 0 Å². The number of carbonyl (C=O) groups excluding carboxylic acids is 1. The van der Waals surface area contributed by atoms with Crippen molar-refractivity contribution >= 4 is 27.6 Å². The van der Waals surface area contributed by atoms with Gasteiger partial charge < -0.3 is 24.8 Å². The van der Waals surface area contributed by atoms with Gasteiger partial charge in [0.1, 0.15) is 5.75 Å². The third kappa shape index (κ3) is 5.38. The maximum absolute atomic E-state index is 13.0. The van der Waals surface area contributed by atoms with Gasteiger partial charge in [-0.1, -0.05) is 42.5 Å². The van der Waals surface area contributed by atoms with Crippen LogP contribution in [-0.2, 0) is 13.1 Å². The van der Waals surface area contributed by atoms with Gasteiger partial charge in [0.05, 0.1) is 18.2 Å². The number of nitrogens with zero attached hydrogens (tertiary/aromatic N) is 2. The molecular weight excluding hydrogens is 464 g/mol. The van der Waals surface area contributed by atoms with E-state index in [-0.39, 0.29) is 11.5 Å². The number of pyridine rings is 1. The fraction of sp³-hybridized carbons (Fsp3) is 0.333. The number of carbonyl (C=O) groups is 1. The van der Waals surface area contributed by atoms with Crippen molar-refractivity contribution in [2.24, 2.45) is 0 Å². The fourth-order valence-electron chi connectivity index (χ4n) is 5.34. The van der Waals surface area contributed by atoms with Crippen LogP contribution in [0.2, 0.25) is 0 Å². The zero-order chi connectivity index (χ0) is 25.8. The van der Waals surface area contributed by atoms with E-state index in [1.165, 1.54) is 22.4 Å². The van der Waals surface area contributed by atoms with E-state index < -0.39 is 0 Å². The normalized spacial score (nSPS) is 14.8. The summed E-state index contributed by atoms with van der Waals surface area (Å²) in [7, 11) is 3.18. The number of aromatic nitrogens is 1. The van der Waals surface area contributed by atoms with Gasteiger partial charge >= 0.3 is 0 Å². The number of nitrogens with one attached hydrogen (secondary N) is 2. The van der Waals surface area contributed by atoms with Crippen LogP contribution in [0.4, 0.5) is 0 Å². The van der Waals surface area contributed by atoms with Gasteiger partial charge in [-0.15, -0.1) is 0 Å². The predicted molar refractivity (Wildman–Crippen MR) is 148 cm³/mol. The van der Waals surface area contributed by atoms with Crippen molar-refractivity contribution in [1.82, 2.24) is 20.1 Å². The minimum atomic E-state index is -0.266. The van der Waals surface area contributed by atoms with Crippen molar-refractivity contribution in [3.05, 3.63) is 88.2 Å². The molecule has 1 fully saturated rings. The summed E-state index contributed by atoms with van der Waals surface area (Å²) in [5, 5.41) is 9.73. The molecule has 0 aliphatic carbocycles. The van der Waals surface area contributed by atoms with Gasteiger partial charge in [0.25, 0.3) is 11.5 Å². The second-order valence-corrected chi connectivity index (χ2v) is 9.65. The van der Waals surface area contributed by atoms with Crippen LogP contribution in [0.15, 0.2) is 71.5 Å². The van der Waals surface area contributed by atoms with Crippen molar-refractivity contribution in [2.45, 2.75) is 32.0 Å². The van der Waals surface area contributed by atoms with Crippen molar-refractivity contribution < 1.29 is 9.53 Å². The molecule has 4 aromatic rings. The molecule has 1 saturated heterocycles. The number of ether oxygens (including phenoxy) is 1. The van der Waals surface area contributed by atoms with Crippen molar-refractivity contribution in [2.75, 3.05) is 33.8 Å². The Morgan fingerprint density at radius 3 is 2.54 bits per heavy atom. The predicted octanol–water partition coefficient (Wildman–Crippen LogP) is 3.78. The Balaban J connectivity index is 1.22. The molecule has 0 saturated carbocycles. The molecule has 0 bridgehead atoms. The smallest absolute Gasteiger partial charge is 0.251 e. The Bertz CT molecular complexity index is 1470. The van der Waals surface area contributed by atoms with Gasteiger partial charge in [0, 0.05) is 50.2 Å². The maximum Gasteiger partial charge on any atom is 0.251 e. The molecule has 0 radical (unpaired) electrons. The van der Waals surface area contributed by atoms with E-state index in [1.54, 1.807) is 18.7 Å². The molecule has 3 aromatic carbocycles. The molecule has 0 unspecified atom stereocenters. The highest BCUT2D eigenvalue weighted by atomic mass is 16.5. The van der Waals surface area contributed by atoms with Crippen molar-refractivity contribution in [3.8, 4) is 5.75 Å². The molecule has 5 rings (SSSR count). The van der Waals surface area contributed by atoms with E-state index in [2.05, 4.69) is 58.0 Å². The van der Waals surface area contributed by atoms with Crippen LogP contribution in [-0.4, -0.2) is 55.2 Å². The number of amides is 1. The molecule has 37 heavy (non-hydrogen) atoms. The Morgan fingerprint density at radius 1 is 0.973 bits per heavy atom. The van der Waals surface area contributed by atoms with E-state index in [0.29, 0.717) is 23.9 Å². The van der Waals surface area contributed by atoms with Crippen LogP contribution >= 0.6 is 0 Å². The summed E-state index contributed by atoms with van der Waals surface area (Å²) in [4.78, 5) is 27.8. The molecule has 2 heterocycles. The Kier molecular flexibility index (Phi) is 7.53.